The first-order valence-corrected chi connectivity index (χ1v) is 11.2. The fourth-order valence-electron chi connectivity index (χ4n) is 3.18. The van der Waals surface area contributed by atoms with Gasteiger partial charge in [-0.05, 0) is 35.5 Å². The number of carbonyl (C=O) groups is 3. The van der Waals surface area contributed by atoms with Crippen LogP contribution in [-0.2, 0) is 16.1 Å². The standard InChI is InChI=1S/C21H20N2O5S2/c1-27-15-7-8-17-16(11-15)18(24)22(13-29-17)9-10-28-20-19(25)23(21(26)30-20)12-14-5-3-2-4-6-14/h2-8,11,20H,9-10,12-13H2,1H3. The average Bonchev–Trinajstić information content (AvgIpc) is 3.03. The maximum atomic E-state index is 12.8. The molecule has 2 aliphatic rings. The van der Waals surface area contributed by atoms with E-state index in [1.54, 1.807) is 29.8 Å². The minimum atomic E-state index is -0.874. The van der Waals surface area contributed by atoms with Gasteiger partial charge in [0.2, 0.25) is 0 Å². The van der Waals surface area contributed by atoms with Gasteiger partial charge in [-0.3, -0.25) is 19.3 Å². The van der Waals surface area contributed by atoms with E-state index in [4.69, 9.17) is 9.47 Å². The van der Waals surface area contributed by atoms with Gasteiger partial charge in [0, 0.05) is 11.4 Å². The molecule has 3 amide bonds. The fourth-order valence-corrected chi connectivity index (χ4v) is 5.04. The van der Waals surface area contributed by atoms with Crippen LogP contribution in [0.3, 0.4) is 0 Å². The van der Waals surface area contributed by atoms with Crippen LogP contribution in [0.15, 0.2) is 53.4 Å². The number of rotatable bonds is 7. The molecule has 0 saturated carbocycles. The molecule has 2 aromatic rings. The molecule has 30 heavy (non-hydrogen) atoms. The highest BCUT2D eigenvalue weighted by Gasteiger charge is 2.40. The Labute approximate surface area is 182 Å². The van der Waals surface area contributed by atoms with Crippen LogP contribution in [0.25, 0.3) is 0 Å². The van der Waals surface area contributed by atoms with Crippen molar-refractivity contribution in [3.8, 4) is 5.75 Å². The zero-order valence-corrected chi connectivity index (χ0v) is 17.9. The Hall–Kier alpha value is -2.49. The molecule has 2 heterocycles. The summed E-state index contributed by atoms with van der Waals surface area (Å²) in [7, 11) is 1.56. The molecule has 0 N–H and O–H groups in total. The van der Waals surface area contributed by atoms with Gasteiger partial charge in [0.25, 0.3) is 17.1 Å². The van der Waals surface area contributed by atoms with Gasteiger partial charge in [0.05, 0.1) is 31.7 Å². The Kier molecular flexibility index (Phi) is 6.31. The summed E-state index contributed by atoms with van der Waals surface area (Å²) in [5.74, 6) is 0.680. The molecule has 7 nitrogen and oxygen atoms in total. The van der Waals surface area contributed by atoms with Crippen LogP contribution in [0.5, 0.6) is 5.75 Å². The Balaban J connectivity index is 1.32. The summed E-state index contributed by atoms with van der Waals surface area (Å²) in [5, 5.41) is -0.320. The number of nitrogens with zero attached hydrogens (tertiary/aromatic N) is 2. The lowest BCUT2D eigenvalue weighted by molar-refractivity contribution is -0.134. The van der Waals surface area contributed by atoms with E-state index in [0.717, 1.165) is 22.2 Å². The summed E-state index contributed by atoms with van der Waals surface area (Å²) in [5.41, 5.74) is 0.604. The smallest absolute Gasteiger partial charge is 0.291 e. The average molecular weight is 445 g/mol. The molecule has 1 atom stereocenters. The molecular formula is C21H20N2O5S2. The van der Waals surface area contributed by atoms with Crippen molar-refractivity contribution in [2.24, 2.45) is 0 Å². The normalized spacial score (nSPS) is 18.7. The van der Waals surface area contributed by atoms with Crippen LogP contribution in [0.4, 0.5) is 4.79 Å². The predicted octanol–water partition coefficient (Wildman–Crippen LogP) is 3.44. The lowest BCUT2D eigenvalue weighted by Crippen LogP contribution is -2.38. The van der Waals surface area contributed by atoms with Gasteiger partial charge in [0.1, 0.15) is 5.75 Å². The van der Waals surface area contributed by atoms with E-state index in [2.05, 4.69) is 0 Å². The van der Waals surface area contributed by atoms with E-state index in [9.17, 15) is 14.4 Å². The number of methoxy groups -OCH3 is 1. The second kappa shape index (κ2) is 9.11. The van der Waals surface area contributed by atoms with E-state index in [1.165, 1.54) is 4.90 Å². The predicted molar refractivity (Wildman–Crippen MR) is 114 cm³/mol. The maximum Gasteiger partial charge on any atom is 0.291 e. The van der Waals surface area contributed by atoms with E-state index < -0.39 is 5.44 Å². The number of thioether (sulfide) groups is 2. The van der Waals surface area contributed by atoms with Crippen molar-refractivity contribution in [1.29, 1.82) is 0 Å². The van der Waals surface area contributed by atoms with Crippen LogP contribution in [0.1, 0.15) is 15.9 Å². The number of amides is 3. The van der Waals surface area contributed by atoms with Crippen LogP contribution in [0.2, 0.25) is 0 Å². The van der Waals surface area contributed by atoms with E-state index in [0.29, 0.717) is 23.7 Å². The van der Waals surface area contributed by atoms with E-state index >= 15 is 0 Å². The Morgan fingerprint density at radius 1 is 1.10 bits per heavy atom. The first kappa shape index (κ1) is 20.8. The number of benzene rings is 2. The third-order valence-electron chi connectivity index (χ3n) is 4.79. The summed E-state index contributed by atoms with van der Waals surface area (Å²) < 4.78 is 10.9. The molecule has 0 bridgehead atoms. The van der Waals surface area contributed by atoms with Gasteiger partial charge in [-0.15, -0.1) is 11.8 Å². The minimum absolute atomic E-state index is 0.0987. The van der Waals surface area contributed by atoms with Crippen LogP contribution in [0, 0.1) is 0 Å². The van der Waals surface area contributed by atoms with Gasteiger partial charge in [0.15, 0.2) is 5.44 Å². The molecule has 0 aromatic heterocycles. The molecule has 1 unspecified atom stereocenters. The molecule has 0 radical (unpaired) electrons. The molecule has 156 valence electrons. The third-order valence-corrected chi connectivity index (χ3v) is 6.87. The molecule has 4 rings (SSSR count). The maximum absolute atomic E-state index is 12.8. The van der Waals surface area contributed by atoms with Gasteiger partial charge >= 0.3 is 0 Å². The second-order valence-corrected chi connectivity index (χ2v) is 8.70. The number of ether oxygens (including phenoxy) is 2. The Bertz CT molecular complexity index is 969. The van der Waals surface area contributed by atoms with Gasteiger partial charge < -0.3 is 14.4 Å². The lowest BCUT2D eigenvalue weighted by Gasteiger charge is -2.28. The highest BCUT2D eigenvalue weighted by Crippen LogP contribution is 2.33. The van der Waals surface area contributed by atoms with Crippen molar-refractivity contribution >= 4 is 40.6 Å². The van der Waals surface area contributed by atoms with Crippen molar-refractivity contribution in [1.82, 2.24) is 9.80 Å². The number of carbonyl (C=O) groups excluding carboxylic acids is 3. The lowest BCUT2D eigenvalue weighted by atomic mass is 10.2. The van der Waals surface area contributed by atoms with Gasteiger partial charge in [-0.1, -0.05) is 30.3 Å². The molecular weight excluding hydrogens is 424 g/mol. The summed E-state index contributed by atoms with van der Waals surface area (Å²) >= 11 is 2.44. The van der Waals surface area contributed by atoms with Crippen LogP contribution >= 0.6 is 23.5 Å². The molecule has 9 heteroatoms. The van der Waals surface area contributed by atoms with Crippen LogP contribution < -0.4 is 4.74 Å². The molecule has 1 saturated heterocycles. The van der Waals surface area contributed by atoms with Gasteiger partial charge in [-0.2, -0.15) is 0 Å². The fraction of sp³-hybridized carbons (Fsp3) is 0.286. The molecule has 2 aliphatic heterocycles. The zero-order valence-electron chi connectivity index (χ0n) is 16.3. The van der Waals surface area contributed by atoms with Crippen molar-refractivity contribution in [3.05, 3.63) is 59.7 Å². The first-order chi connectivity index (χ1) is 14.6. The number of hydrogen-bond donors (Lipinski definition) is 0. The van der Waals surface area contributed by atoms with Crippen LogP contribution in [-0.4, -0.2) is 58.4 Å². The molecule has 0 aliphatic carbocycles. The first-order valence-electron chi connectivity index (χ1n) is 9.34. The van der Waals surface area contributed by atoms with E-state index in [1.807, 2.05) is 42.5 Å². The summed E-state index contributed by atoms with van der Waals surface area (Å²) in [4.78, 5) is 41.3. The quantitative estimate of drug-likeness (QED) is 0.647. The molecule has 1 fully saturated rings. The monoisotopic (exact) mass is 444 g/mol. The minimum Gasteiger partial charge on any atom is -0.497 e. The van der Waals surface area contributed by atoms with Crippen molar-refractivity contribution in [3.63, 3.8) is 0 Å². The topological polar surface area (TPSA) is 76.2 Å². The summed E-state index contributed by atoms with van der Waals surface area (Å²) in [6.45, 7) is 0.729. The Morgan fingerprint density at radius 3 is 2.67 bits per heavy atom. The highest BCUT2D eigenvalue weighted by atomic mass is 32.2. The number of fused-ring (bicyclic) bond motifs is 1. The van der Waals surface area contributed by atoms with Crippen molar-refractivity contribution in [2.75, 3.05) is 26.1 Å². The van der Waals surface area contributed by atoms with Crippen molar-refractivity contribution < 1.29 is 23.9 Å². The van der Waals surface area contributed by atoms with Crippen molar-refractivity contribution in [2.45, 2.75) is 16.9 Å². The summed E-state index contributed by atoms with van der Waals surface area (Å²) in [6, 6.07) is 14.8. The summed E-state index contributed by atoms with van der Waals surface area (Å²) in [6.07, 6.45) is 0. The second-order valence-electron chi connectivity index (χ2n) is 6.70. The number of imide groups is 1. The third kappa shape index (κ3) is 4.33. The highest BCUT2D eigenvalue weighted by molar-refractivity contribution is 8.15. The molecule has 2 aromatic carbocycles. The largest absolute Gasteiger partial charge is 0.497 e. The SMILES string of the molecule is COc1ccc2c(c1)C(=O)N(CCOC1SC(=O)N(Cc3ccccc3)C1=O)CS2. The zero-order chi connectivity index (χ0) is 21.1. The number of hydrogen-bond acceptors (Lipinski definition) is 7. The molecule has 0 spiro atoms. The van der Waals surface area contributed by atoms with E-state index in [-0.39, 0.29) is 30.2 Å². The van der Waals surface area contributed by atoms with Gasteiger partial charge in [-0.25, -0.2) is 0 Å². The Morgan fingerprint density at radius 2 is 1.90 bits per heavy atom.